The largest absolute Gasteiger partial charge is 0.497 e. The first-order valence-corrected chi connectivity index (χ1v) is 6.96. The van der Waals surface area contributed by atoms with E-state index in [4.69, 9.17) is 15.2 Å². The number of carbonyl (C=O) groups is 1. The van der Waals surface area contributed by atoms with Crippen molar-refractivity contribution >= 4 is 5.78 Å². The number of nitrogens with two attached hydrogens (primary N) is 1. The Morgan fingerprint density at radius 3 is 2.10 bits per heavy atom. The van der Waals surface area contributed by atoms with Gasteiger partial charge in [0, 0.05) is 18.1 Å². The Kier molecular flexibility index (Phi) is 6.52. The maximum Gasteiger partial charge on any atom is 0.163 e. The van der Waals surface area contributed by atoms with E-state index in [1.165, 1.54) is 0 Å². The molecule has 0 aliphatic rings. The molecule has 0 aliphatic carbocycles. The molecular weight excluding hydrogens is 254 g/mol. The quantitative estimate of drug-likeness (QED) is 0.743. The van der Waals surface area contributed by atoms with Gasteiger partial charge in [0.2, 0.25) is 0 Å². The Labute approximate surface area is 121 Å². The molecule has 4 nitrogen and oxygen atoms in total. The minimum absolute atomic E-state index is 0.0818. The van der Waals surface area contributed by atoms with E-state index in [-0.39, 0.29) is 11.7 Å². The fraction of sp³-hybridized carbons (Fsp3) is 0.562. The third kappa shape index (κ3) is 4.85. The zero-order chi connectivity index (χ0) is 15.1. The fourth-order valence-corrected chi connectivity index (χ4v) is 2.28. The van der Waals surface area contributed by atoms with E-state index in [2.05, 4.69) is 13.8 Å². The Morgan fingerprint density at radius 1 is 1.15 bits per heavy atom. The maximum absolute atomic E-state index is 12.4. The van der Waals surface area contributed by atoms with E-state index in [1.54, 1.807) is 32.4 Å². The van der Waals surface area contributed by atoms with E-state index in [1.807, 2.05) is 0 Å². The van der Waals surface area contributed by atoms with Gasteiger partial charge in [0.15, 0.2) is 5.78 Å². The molecule has 0 aromatic heterocycles. The van der Waals surface area contributed by atoms with Crippen molar-refractivity contribution in [3.8, 4) is 11.5 Å². The van der Waals surface area contributed by atoms with Crippen LogP contribution in [0.5, 0.6) is 11.5 Å². The molecule has 0 amide bonds. The second-order valence-corrected chi connectivity index (χ2v) is 5.46. The molecule has 20 heavy (non-hydrogen) atoms. The highest BCUT2D eigenvalue weighted by Gasteiger charge is 2.17. The smallest absolute Gasteiger partial charge is 0.163 e. The number of Topliss-reactive ketones (excluding diaryl/α,β-unsaturated/α-hetero) is 1. The van der Waals surface area contributed by atoms with E-state index in [0.29, 0.717) is 35.9 Å². The van der Waals surface area contributed by atoms with Gasteiger partial charge in [0.25, 0.3) is 0 Å². The lowest BCUT2D eigenvalue weighted by molar-refractivity contribution is 0.0956. The van der Waals surface area contributed by atoms with Gasteiger partial charge in [-0.2, -0.15) is 0 Å². The van der Waals surface area contributed by atoms with Gasteiger partial charge in [-0.05, 0) is 36.9 Å². The molecule has 2 N–H and O–H groups in total. The first-order chi connectivity index (χ1) is 9.49. The van der Waals surface area contributed by atoms with Crippen LogP contribution >= 0.6 is 0 Å². The molecule has 0 heterocycles. The molecule has 0 saturated carbocycles. The first-order valence-electron chi connectivity index (χ1n) is 6.96. The van der Waals surface area contributed by atoms with Crippen molar-refractivity contribution in [1.29, 1.82) is 0 Å². The molecule has 1 aromatic carbocycles. The number of ketones is 1. The summed E-state index contributed by atoms with van der Waals surface area (Å²) in [5.74, 6) is 2.09. The summed E-state index contributed by atoms with van der Waals surface area (Å²) in [7, 11) is 3.15. The van der Waals surface area contributed by atoms with Crippen molar-refractivity contribution in [1.82, 2.24) is 0 Å². The Bertz CT molecular complexity index is 421. The van der Waals surface area contributed by atoms with Gasteiger partial charge in [-0.25, -0.2) is 0 Å². The number of benzene rings is 1. The summed E-state index contributed by atoms with van der Waals surface area (Å²) >= 11 is 0. The molecule has 0 aliphatic heterocycles. The number of hydrogen-bond acceptors (Lipinski definition) is 4. The zero-order valence-corrected chi connectivity index (χ0v) is 12.8. The van der Waals surface area contributed by atoms with Gasteiger partial charge in [0.1, 0.15) is 11.5 Å². The minimum atomic E-state index is 0.0818. The third-order valence-electron chi connectivity index (χ3n) is 3.29. The van der Waals surface area contributed by atoms with Gasteiger partial charge < -0.3 is 15.2 Å². The molecule has 0 radical (unpaired) electrons. The SMILES string of the molecule is COc1cc(OC)cc(C(=O)CC(CN)CC(C)C)c1. The molecule has 1 aromatic rings. The molecule has 1 unspecified atom stereocenters. The van der Waals surface area contributed by atoms with Gasteiger partial charge >= 0.3 is 0 Å². The lowest BCUT2D eigenvalue weighted by Crippen LogP contribution is -2.20. The van der Waals surface area contributed by atoms with Crippen molar-refractivity contribution in [2.75, 3.05) is 20.8 Å². The summed E-state index contributed by atoms with van der Waals surface area (Å²) < 4.78 is 10.4. The molecular formula is C16H25NO3. The molecule has 0 fully saturated rings. The van der Waals surface area contributed by atoms with Crippen molar-refractivity contribution in [2.45, 2.75) is 26.7 Å². The topological polar surface area (TPSA) is 61.5 Å². The van der Waals surface area contributed by atoms with Crippen LogP contribution in [-0.2, 0) is 0 Å². The van der Waals surface area contributed by atoms with Gasteiger partial charge in [-0.15, -0.1) is 0 Å². The van der Waals surface area contributed by atoms with E-state index < -0.39 is 0 Å². The Hall–Kier alpha value is -1.55. The van der Waals surface area contributed by atoms with Gasteiger partial charge in [-0.1, -0.05) is 13.8 Å². The van der Waals surface area contributed by atoms with Crippen molar-refractivity contribution < 1.29 is 14.3 Å². The summed E-state index contributed by atoms with van der Waals surface area (Å²) in [4.78, 5) is 12.4. The van der Waals surface area contributed by atoms with Gasteiger partial charge in [-0.3, -0.25) is 4.79 Å². The fourth-order valence-electron chi connectivity index (χ4n) is 2.28. The van der Waals surface area contributed by atoms with Crippen LogP contribution in [0.3, 0.4) is 0 Å². The predicted octanol–water partition coefficient (Wildman–Crippen LogP) is 2.90. The van der Waals surface area contributed by atoms with Crippen LogP contribution in [0.1, 0.15) is 37.0 Å². The number of rotatable bonds is 8. The van der Waals surface area contributed by atoms with E-state index >= 15 is 0 Å². The van der Waals surface area contributed by atoms with Crippen LogP contribution in [0, 0.1) is 11.8 Å². The Morgan fingerprint density at radius 2 is 1.70 bits per heavy atom. The summed E-state index contributed by atoms with van der Waals surface area (Å²) in [5.41, 5.74) is 6.37. The highest BCUT2D eigenvalue weighted by atomic mass is 16.5. The summed E-state index contributed by atoms with van der Waals surface area (Å²) in [5, 5.41) is 0. The van der Waals surface area contributed by atoms with Crippen molar-refractivity contribution in [2.24, 2.45) is 17.6 Å². The summed E-state index contributed by atoms with van der Waals surface area (Å²) in [6, 6.07) is 5.24. The third-order valence-corrected chi connectivity index (χ3v) is 3.29. The molecule has 0 saturated heterocycles. The first kappa shape index (κ1) is 16.5. The van der Waals surface area contributed by atoms with Crippen LogP contribution in [0.4, 0.5) is 0 Å². The summed E-state index contributed by atoms with van der Waals surface area (Å²) in [6.07, 6.45) is 1.42. The Balaban J connectivity index is 2.85. The van der Waals surface area contributed by atoms with Crippen molar-refractivity contribution in [3.05, 3.63) is 23.8 Å². The lowest BCUT2D eigenvalue weighted by atomic mass is 9.90. The average molecular weight is 279 g/mol. The highest BCUT2D eigenvalue weighted by Crippen LogP contribution is 2.25. The van der Waals surface area contributed by atoms with E-state index in [9.17, 15) is 4.79 Å². The van der Waals surface area contributed by atoms with Crippen LogP contribution in [0.2, 0.25) is 0 Å². The van der Waals surface area contributed by atoms with E-state index in [0.717, 1.165) is 6.42 Å². The minimum Gasteiger partial charge on any atom is -0.497 e. The van der Waals surface area contributed by atoms with Gasteiger partial charge in [0.05, 0.1) is 14.2 Å². The van der Waals surface area contributed by atoms with Crippen LogP contribution in [0.25, 0.3) is 0 Å². The molecule has 0 bridgehead atoms. The summed E-state index contributed by atoms with van der Waals surface area (Å²) in [6.45, 7) is 4.81. The van der Waals surface area contributed by atoms with Crippen molar-refractivity contribution in [3.63, 3.8) is 0 Å². The van der Waals surface area contributed by atoms with Crippen LogP contribution < -0.4 is 15.2 Å². The standard InChI is InChI=1S/C16H25NO3/c1-11(2)5-12(10-17)6-16(18)13-7-14(19-3)9-15(8-13)20-4/h7-9,11-12H,5-6,10,17H2,1-4H3. The monoisotopic (exact) mass is 279 g/mol. The molecule has 1 rings (SSSR count). The number of ether oxygens (including phenoxy) is 2. The molecule has 0 spiro atoms. The predicted molar refractivity (Wildman–Crippen MR) is 80.5 cm³/mol. The number of carbonyl (C=O) groups excluding carboxylic acids is 1. The zero-order valence-electron chi connectivity index (χ0n) is 12.8. The second kappa shape index (κ2) is 7.90. The van der Waals surface area contributed by atoms with Crippen LogP contribution in [0.15, 0.2) is 18.2 Å². The lowest BCUT2D eigenvalue weighted by Gasteiger charge is -2.16. The highest BCUT2D eigenvalue weighted by molar-refractivity contribution is 5.97. The maximum atomic E-state index is 12.4. The molecule has 4 heteroatoms. The molecule has 1 atom stereocenters. The number of methoxy groups -OCH3 is 2. The van der Waals surface area contributed by atoms with Crippen LogP contribution in [-0.4, -0.2) is 26.5 Å². The number of hydrogen-bond donors (Lipinski definition) is 1. The molecule has 112 valence electrons. The average Bonchev–Trinajstić information content (AvgIpc) is 2.45. The second-order valence-electron chi connectivity index (χ2n) is 5.46. The normalized spacial score (nSPS) is 12.3.